The lowest BCUT2D eigenvalue weighted by atomic mass is 10.1. The van der Waals surface area contributed by atoms with E-state index in [2.05, 4.69) is 5.32 Å². The number of nitrogens with one attached hydrogen (secondary N) is 1. The number of amides is 3. The number of fused-ring (bicyclic) bond motifs is 1. The molecule has 122 valence electrons. The maximum atomic E-state index is 12.1. The number of rotatable bonds is 4. The van der Waals surface area contributed by atoms with Gasteiger partial charge >= 0.3 is 6.09 Å². The Labute approximate surface area is 135 Å². The second-order valence-corrected chi connectivity index (χ2v) is 6.12. The molecule has 1 aliphatic heterocycles. The molecule has 1 N–H and O–H groups in total. The van der Waals surface area contributed by atoms with Crippen LogP contribution in [0.15, 0.2) is 36.4 Å². The normalized spacial score (nSPS) is 14.3. The van der Waals surface area contributed by atoms with Crippen molar-refractivity contribution in [3.63, 3.8) is 0 Å². The number of carbonyl (C=O) groups excluding carboxylic acids is 3. The Bertz CT molecular complexity index is 624. The van der Waals surface area contributed by atoms with E-state index in [0.29, 0.717) is 11.1 Å². The van der Waals surface area contributed by atoms with Crippen LogP contribution in [0.5, 0.6) is 0 Å². The predicted octanol–water partition coefficient (Wildman–Crippen LogP) is 2.36. The van der Waals surface area contributed by atoms with Crippen LogP contribution in [0.25, 0.3) is 0 Å². The molecule has 1 aromatic carbocycles. The summed E-state index contributed by atoms with van der Waals surface area (Å²) in [5, 5.41) is 2.57. The van der Waals surface area contributed by atoms with Crippen molar-refractivity contribution in [2.75, 3.05) is 13.1 Å². The van der Waals surface area contributed by atoms with E-state index in [1.54, 1.807) is 57.2 Å². The highest BCUT2D eigenvalue weighted by Gasteiger charge is 2.33. The van der Waals surface area contributed by atoms with Gasteiger partial charge in [-0.3, -0.25) is 14.5 Å². The first kappa shape index (κ1) is 16.7. The van der Waals surface area contributed by atoms with Crippen molar-refractivity contribution >= 4 is 17.9 Å². The second-order valence-electron chi connectivity index (χ2n) is 6.12. The van der Waals surface area contributed by atoms with E-state index < -0.39 is 11.7 Å². The Morgan fingerprint density at radius 3 is 2.22 bits per heavy atom. The van der Waals surface area contributed by atoms with Crippen LogP contribution in [0, 0.1) is 0 Å². The fourth-order valence-electron chi connectivity index (χ4n) is 2.12. The number of benzene rings is 1. The Balaban J connectivity index is 1.82. The Morgan fingerprint density at radius 1 is 1.13 bits per heavy atom. The van der Waals surface area contributed by atoms with Gasteiger partial charge in [-0.25, -0.2) is 4.79 Å². The van der Waals surface area contributed by atoms with Gasteiger partial charge in [0, 0.05) is 13.1 Å². The number of alkyl carbamates (subject to hydrolysis) is 1. The summed E-state index contributed by atoms with van der Waals surface area (Å²) in [5.41, 5.74) is 0.309. The van der Waals surface area contributed by atoms with Crippen molar-refractivity contribution in [2.45, 2.75) is 26.4 Å². The molecule has 0 atom stereocenters. The van der Waals surface area contributed by atoms with Crippen LogP contribution in [0.2, 0.25) is 0 Å². The lowest BCUT2D eigenvalue weighted by molar-refractivity contribution is 0.0532. The Morgan fingerprint density at radius 2 is 1.70 bits per heavy atom. The zero-order chi connectivity index (χ0) is 17.0. The molecule has 0 saturated carbocycles. The SMILES string of the molecule is CC(C)(C)OC(=O)NCC=CCN1C(=O)c2ccccc2C1=O. The third-order valence-electron chi connectivity index (χ3n) is 3.10. The monoisotopic (exact) mass is 316 g/mol. The molecule has 0 saturated heterocycles. The van der Waals surface area contributed by atoms with Crippen molar-refractivity contribution in [1.82, 2.24) is 10.2 Å². The molecule has 1 heterocycles. The number of carbonyl (C=O) groups is 3. The summed E-state index contributed by atoms with van der Waals surface area (Å²) in [6.45, 7) is 5.78. The summed E-state index contributed by atoms with van der Waals surface area (Å²) in [6, 6.07) is 6.74. The molecule has 0 unspecified atom stereocenters. The van der Waals surface area contributed by atoms with Gasteiger partial charge in [0.2, 0.25) is 0 Å². The molecule has 0 aromatic heterocycles. The number of imide groups is 1. The Kier molecular flexibility index (Phi) is 4.83. The molecule has 2 rings (SSSR count). The molecule has 3 amide bonds. The van der Waals surface area contributed by atoms with Gasteiger partial charge in [0.1, 0.15) is 5.60 Å². The minimum atomic E-state index is -0.548. The van der Waals surface area contributed by atoms with Gasteiger partial charge in [0.05, 0.1) is 11.1 Å². The molecule has 6 nitrogen and oxygen atoms in total. The van der Waals surface area contributed by atoms with Crippen LogP contribution >= 0.6 is 0 Å². The summed E-state index contributed by atoms with van der Waals surface area (Å²) in [4.78, 5) is 36.9. The number of nitrogens with zero attached hydrogens (tertiary/aromatic N) is 1. The molecule has 0 fully saturated rings. The van der Waals surface area contributed by atoms with E-state index in [1.165, 1.54) is 4.90 Å². The van der Waals surface area contributed by atoms with Crippen LogP contribution in [0.3, 0.4) is 0 Å². The average Bonchev–Trinajstić information content (AvgIpc) is 2.70. The number of hydrogen-bond donors (Lipinski definition) is 1. The molecule has 1 aromatic rings. The molecule has 0 bridgehead atoms. The molecule has 6 heteroatoms. The summed E-state index contributed by atoms with van der Waals surface area (Å²) in [7, 11) is 0. The number of ether oxygens (including phenoxy) is 1. The third-order valence-corrected chi connectivity index (χ3v) is 3.10. The summed E-state index contributed by atoms with van der Waals surface area (Å²) < 4.78 is 5.09. The first-order chi connectivity index (χ1) is 10.8. The highest BCUT2D eigenvalue weighted by Crippen LogP contribution is 2.21. The largest absolute Gasteiger partial charge is 0.444 e. The van der Waals surface area contributed by atoms with Crippen LogP contribution in [0.4, 0.5) is 4.79 Å². The zero-order valence-electron chi connectivity index (χ0n) is 13.5. The summed E-state index contributed by atoms with van der Waals surface area (Å²) in [5.74, 6) is -0.592. The zero-order valence-corrected chi connectivity index (χ0v) is 13.5. The van der Waals surface area contributed by atoms with Gasteiger partial charge in [0.15, 0.2) is 0 Å². The predicted molar refractivity (Wildman–Crippen MR) is 85.2 cm³/mol. The molecule has 0 radical (unpaired) electrons. The van der Waals surface area contributed by atoms with E-state index in [4.69, 9.17) is 4.74 Å². The van der Waals surface area contributed by atoms with Crippen LogP contribution in [0.1, 0.15) is 41.5 Å². The maximum absolute atomic E-state index is 12.1. The number of hydrogen-bond acceptors (Lipinski definition) is 4. The van der Waals surface area contributed by atoms with Crippen LogP contribution < -0.4 is 5.32 Å². The van der Waals surface area contributed by atoms with Crippen molar-refractivity contribution in [2.24, 2.45) is 0 Å². The topological polar surface area (TPSA) is 75.7 Å². The van der Waals surface area contributed by atoms with E-state index in [1.807, 2.05) is 0 Å². The maximum Gasteiger partial charge on any atom is 0.407 e. The first-order valence-electron chi connectivity index (χ1n) is 7.36. The summed E-state index contributed by atoms with van der Waals surface area (Å²) >= 11 is 0. The van der Waals surface area contributed by atoms with Gasteiger partial charge in [-0.1, -0.05) is 24.3 Å². The fourth-order valence-corrected chi connectivity index (χ4v) is 2.12. The molecular weight excluding hydrogens is 296 g/mol. The molecule has 1 aliphatic rings. The molecular formula is C17H20N2O4. The van der Waals surface area contributed by atoms with Gasteiger partial charge in [-0.2, -0.15) is 0 Å². The van der Waals surface area contributed by atoms with E-state index in [-0.39, 0.29) is 24.9 Å². The van der Waals surface area contributed by atoms with Crippen molar-refractivity contribution in [1.29, 1.82) is 0 Å². The standard InChI is InChI=1S/C17H20N2O4/c1-17(2,3)23-16(22)18-10-6-7-11-19-14(20)12-8-4-5-9-13(12)15(19)21/h4-9H,10-11H2,1-3H3,(H,18,22). The van der Waals surface area contributed by atoms with Crippen LogP contribution in [-0.4, -0.2) is 41.5 Å². The van der Waals surface area contributed by atoms with Gasteiger partial charge < -0.3 is 10.1 Å². The highest BCUT2D eigenvalue weighted by molar-refractivity contribution is 6.21. The van der Waals surface area contributed by atoms with Crippen molar-refractivity contribution in [3.8, 4) is 0 Å². The molecule has 0 spiro atoms. The second kappa shape index (κ2) is 6.64. The minimum Gasteiger partial charge on any atom is -0.444 e. The fraction of sp³-hybridized carbons (Fsp3) is 0.353. The van der Waals surface area contributed by atoms with E-state index in [9.17, 15) is 14.4 Å². The molecule has 0 aliphatic carbocycles. The lowest BCUT2D eigenvalue weighted by Gasteiger charge is -2.19. The van der Waals surface area contributed by atoms with Crippen molar-refractivity contribution < 1.29 is 19.1 Å². The summed E-state index contributed by atoms with van der Waals surface area (Å²) in [6.07, 6.45) is 2.83. The molecule has 23 heavy (non-hydrogen) atoms. The van der Waals surface area contributed by atoms with Crippen molar-refractivity contribution in [3.05, 3.63) is 47.5 Å². The van der Waals surface area contributed by atoms with Gasteiger partial charge in [0.25, 0.3) is 11.8 Å². The first-order valence-corrected chi connectivity index (χ1v) is 7.36. The average molecular weight is 316 g/mol. The van der Waals surface area contributed by atoms with E-state index >= 15 is 0 Å². The lowest BCUT2D eigenvalue weighted by Crippen LogP contribution is -2.32. The van der Waals surface area contributed by atoms with E-state index in [0.717, 1.165) is 0 Å². The van der Waals surface area contributed by atoms with Gasteiger partial charge in [-0.15, -0.1) is 0 Å². The smallest absolute Gasteiger partial charge is 0.407 e. The van der Waals surface area contributed by atoms with Crippen LogP contribution in [-0.2, 0) is 4.74 Å². The van der Waals surface area contributed by atoms with Gasteiger partial charge in [-0.05, 0) is 32.9 Å². The Hall–Kier alpha value is -2.63. The third kappa shape index (κ3) is 4.18. The highest BCUT2D eigenvalue weighted by atomic mass is 16.6. The quantitative estimate of drug-likeness (QED) is 0.683. The minimum absolute atomic E-state index is 0.169.